The monoisotopic (exact) mass is 436 g/mol. The van der Waals surface area contributed by atoms with E-state index in [1.165, 1.54) is 24.3 Å². The van der Waals surface area contributed by atoms with Crippen LogP contribution in [0.15, 0.2) is 72.4 Å². The lowest BCUT2D eigenvalue weighted by Gasteiger charge is -2.16. The number of hydrogen-bond acceptors (Lipinski definition) is 5. The Morgan fingerprint density at radius 1 is 0.903 bits per heavy atom. The number of carbonyl (C=O) groups excluding carboxylic acids is 2. The molecule has 31 heavy (non-hydrogen) atoms. The summed E-state index contributed by atoms with van der Waals surface area (Å²) in [4.78, 5) is 27.7. The Hall–Kier alpha value is -3.84. The Kier molecular flexibility index (Phi) is 4.60. The van der Waals surface area contributed by atoms with E-state index in [0.717, 1.165) is 4.90 Å². The summed E-state index contributed by atoms with van der Waals surface area (Å²) in [6, 6.07) is 17.0. The molecule has 3 aromatic carbocycles. The van der Waals surface area contributed by atoms with E-state index in [1.54, 1.807) is 42.5 Å². The van der Waals surface area contributed by atoms with Gasteiger partial charge < -0.3 is 14.8 Å². The Morgan fingerprint density at radius 3 is 2.42 bits per heavy atom. The number of para-hydroxylation sites is 1. The van der Waals surface area contributed by atoms with Crippen LogP contribution in [0, 0.1) is 5.82 Å². The van der Waals surface area contributed by atoms with E-state index in [1.807, 2.05) is 0 Å². The van der Waals surface area contributed by atoms with Crippen molar-refractivity contribution in [3.05, 3.63) is 88.8 Å². The van der Waals surface area contributed by atoms with Gasteiger partial charge in [-0.15, -0.1) is 0 Å². The Labute approximate surface area is 181 Å². The average molecular weight is 437 g/mol. The molecule has 8 heteroatoms. The van der Waals surface area contributed by atoms with Crippen LogP contribution < -0.4 is 19.7 Å². The lowest BCUT2D eigenvalue weighted by atomic mass is 10.0. The van der Waals surface area contributed by atoms with Crippen LogP contribution in [0.5, 0.6) is 11.5 Å². The van der Waals surface area contributed by atoms with Crippen molar-refractivity contribution in [3.63, 3.8) is 0 Å². The predicted octanol–water partition coefficient (Wildman–Crippen LogP) is 4.60. The molecule has 0 spiro atoms. The van der Waals surface area contributed by atoms with Gasteiger partial charge in [0.25, 0.3) is 11.8 Å². The van der Waals surface area contributed by atoms with Crippen molar-refractivity contribution < 1.29 is 23.5 Å². The maximum Gasteiger partial charge on any atom is 0.282 e. The predicted molar refractivity (Wildman–Crippen MR) is 113 cm³/mol. The molecule has 0 saturated carbocycles. The molecule has 0 radical (unpaired) electrons. The molecule has 0 bridgehead atoms. The van der Waals surface area contributed by atoms with Crippen molar-refractivity contribution in [2.24, 2.45) is 0 Å². The molecule has 0 atom stereocenters. The van der Waals surface area contributed by atoms with Crippen LogP contribution >= 0.6 is 11.6 Å². The third-order valence-corrected chi connectivity index (χ3v) is 5.27. The summed E-state index contributed by atoms with van der Waals surface area (Å²) in [6.07, 6.45) is 0. The molecule has 0 aliphatic carbocycles. The number of halogens is 2. The van der Waals surface area contributed by atoms with Gasteiger partial charge in [0.2, 0.25) is 6.79 Å². The van der Waals surface area contributed by atoms with Crippen molar-refractivity contribution in [1.29, 1.82) is 0 Å². The van der Waals surface area contributed by atoms with Crippen LogP contribution in [0.4, 0.5) is 15.8 Å². The van der Waals surface area contributed by atoms with Crippen molar-refractivity contribution in [1.82, 2.24) is 0 Å². The van der Waals surface area contributed by atoms with Gasteiger partial charge in [0.05, 0.1) is 16.3 Å². The number of fused-ring (bicyclic) bond motifs is 1. The fourth-order valence-corrected chi connectivity index (χ4v) is 3.72. The Bertz CT molecular complexity index is 1260. The first-order chi connectivity index (χ1) is 15.0. The van der Waals surface area contributed by atoms with E-state index in [9.17, 15) is 14.0 Å². The minimum atomic E-state index is -0.574. The second-order valence-corrected chi connectivity index (χ2v) is 7.25. The average Bonchev–Trinajstić information content (AvgIpc) is 3.32. The summed E-state index contributed by atoms with van der Waals surface area (Å²) in [5.41, 5.74) is 1.36. The first-order valence-electron chi connectivity index (χ1n) is 9.33. The van der Waals surface area contributed by atoms with Gasteiger partial charge in [-0.05, 0) is 42.0 Å². The summed E-state index contributed by atoms with van der Waals surface area (Å²) in [7, 11) is 0. The molecule has 1 N–H and O–H groups in total. The molecule has 6 nitrogen and oxygen atoms in total. The second-order valence-electron chi connectivity index (χ2n) is 6.85. The number of amides is 2. The van der Waals surface area contributed by atoms with Crippen molar-refractivity contribution in [2.45, 2.75) is 0 Å². The fourth-order valence-electron chi connectivity index (χ4n) is 3.50. The van der Waals surface area contributed by atoms with Crippen LogP contribution in [0.2, 0.25) is 5.02 Å². The molecule has 0 aromatic heterocycles. The van der Waals surface area contributed by atoms with E-state index in [2.05, 4.69) is 5.32 Å². The van der Waals surface area contributed by atoms with Crippen molar-refractivity contribution >= 4 is 40.4 Å². The maximum absolute atomic E-state index is 13.5. The first-order valence-corrected chi connectivity index (χ1v) is 9.71. The summed E-state index contributed by atoms with van der Waals surface area (Å²) in [5, 5.41) is 3.28. The molecule has 2 aliphatic rings. The largest absolute Gasteiger partial charge is 0.454 e. The molecule has 2 heterocycles. The molecular formula is C23H14ClFN2O4. The number of rotatable bonds is 4. The van der Waals surface area contributed by atoms with Gasteiger partial charge in [0, 0.05) is 11.8 Å². The number of hydrogen-bond donors (Lipinski definition) is 1. The highest BCUT2D eigenvalue weighted by atomic mass is 35.5. The van der Waals surface area contributed by atoms with E-state index in [4.69, 9.17) is 21.1 Å². The molecule has 0 unspecified atom stereocenters. The molecule has 2 amide bonds. The molecule has 3 aromatic rings. The van der Waals surface area contributed by atoms with E-state index < -0.39 is 17.6 Å². The summed E-state index contributed by atoms with van der Waals surface area (Å²) in [5.74, 6) is -0.476. The van der Waals surface area contributed by atoms with Crippen molar-refractivity contribution in [2.75, 3.05) is 17.0 Å². The zero-order chi connectivity index (χ0) is 21.5. The highest BCUT2D eigenvalue weighted by Crippen LogP contribution is 2.39. The Balaban J connectivity index is 1.61. The summed E-state index contributed by atoms with van der Waals surface area (Å²) >= 11 is 6.26. The van der Waals surface area contributed by atoms with E-state index in [0.29, 0.717) is 22.7 Å². The maximum atomic E-state index is 13.5. The van der Waals surface area contributed by atoms with Crippen LogP contribution in [0.3, 0.4) is 0 Å². The standard InChI is InChI=1S/C23H14ClFN2O4/c24-16-3-1-2-4-17(16)27-22(28)20(13-5-7-14(25)8-6-13)21(23(27)29)26-15-9-10-18-19(11-15)31-12-30-18/h1-11,26H,12H2. The third kappa shape index (κ3) is 3.29. The fraction of sp³-hybridized carbons (Fsp3) is 0.0435. The molecule has 5 rings (SSSR count). The normalized spacial score (nSPS) is 15.1. The van der Waals surface area contributed by atoms with Crippen LogP contribution in [-0.4, -0.2) is 18.6 Å². The number of anilines is 2. The lowest BCUT2D eigenvalue weighted by molar-refractivity contribution is -0.120. The zero-order valence-corrected chi connectivity index (χ0v) is 16.7. The molecule has 2 aliphatic heterocycles. The molecule has 154 valence electrons. The van der Waals surface area contributed by atoms with E-state index in [-0.39, 0.29) is 28.8 Å². The van der Waals surface area contributed by atoms with Gasteiger partial charge in [0.1, 0.15) is 11.5 Å². The first kappa shape index (κ1) is 19.1. The lowest BCUT2D eigenvalue weighted by Crippen LogP contribution is -2.32. The number of imide groups is 1. The molecular weight excluding hydrogens is 423 g/mol. The van der Waals surface area contributed by atoms with Gasteiger partial charge in [0.15, 0.2) is 11.5 Å². The number of nitrogens with one attached hydrogen (secondary N) is 1. The second kappa shape index (κ2) is 7.45. The minimum absolute atomic E-state index is 0.0513. The van der Waals surface area contributed by atoms with Crippen LogP contribution in [0.1, 0.15) is 5.56 Å². The Morgan fingerprint density at radius 2 is 1.65 bits per heavy atom. The highest BCUT2D eigenvalue weighted by Gasteiger charge is 2.41. The van der Waals surface area contributed by atoms with Gasteiger partial charge in [-0.3, -0.25) is 9.59 Å². The third-order valence-electron chi connectivity index (χ3n) is 4.95. The van der Waals surface area contributed by atoms with Crippen molar-refractivity contribution in [3.8, 4) is 11.5 Å². The van der Waals surface area contributed by atoms with Gasteiger partial charge in [-0.2, -0.15) is 0 Å². The van der Waals surface area contributed by atoms with Crippen LogP contribution in [0.25, 0.3) is 5.57 Å². The number of carbonyl (C=O) groups is 2. The number of ether oxygens (including phenoxy) is 2. The topological polar surface area (TPSA) is 67.9 Å². The zero-order valence-electron chi connectivity index (χ0n) is 15.9. The number of benzene rings is 3. The highest BCUT2D eigenvalue weighted by molar-refractivity contribution is 6.48. The van der Waals surface area contributed by atoms with Gasteiger partial charge >= 0.3 is 0 Å². The SMILES string of the molecule is O=C1C(Nc2ccc3c(c2)OCO3)=C(c2ccc(F)cc2)C(=O)N1c1ccccc1Cl. The minimum Gasteiger partial charge on any atom is -0.454 e. The number of nitrogens with zero attached hydrogens (tertiary/aromatic N) is 1. The van der Waals surface area contributed by atoms with E-state index >= 15 is 0 Å². The molecule has 0 fully saturated rings. The van der Waals surface area contributed by atoms with Gasteiger partial charge in [-0.25, -0.2) is 9.29 Å². The van der Waals surface area contributed by atoms with Crippen LogP contribution in [-0.2, 0) is 9.59 Å². The quantitative estimate of drug-likeness (QED) is 0.605. The summed E-state index contributed by atoms with van der Waals surface area (Å²) < 4.78 is 24.2. The smallest absolute Gasteiger partial charge is 0.282 e. The summed E-state index contributed by atoms with van der Waals surface area (Å²) in [6.45, 7) is 0.111. The molecule has 0 saturated heterocycles. The van der Waals surface area contributed by atoms with Gasteiger partial charge in [-0.1, -0.05) is 35.9 Å².